The van der Waals surface area contributed by atoms with Crippen LogP contribution in [0.5, 0.6) is 0 Å². The van der Waals surface area contributed by atoms with Crippen LogP contribution in [-0.2, 0) is 4.79 Å². The molecule has 6 nitrogen and oxygen atoms in total. The van der Waals surface area contributed by atoms with Gasteiger partial charge in [0.15, 0.2) is 0 Å². The third-order valence-electron chi connectivity index (χ3n) is 8.39. The Balaban J connectivity index is 1.36. The lowest BCUT2D eigenvalue weighted by atomic mass is 9.60. The van der Waals surface area contributed by atoms with Crippen molar-refractivity contribution in [2.45, 2.75) is 40.0 Å². The number of nitrogens with zero attached hydrogens (tertiary/aromatic N) is 4. The molecule has 2 aromatic rings. The average molecular weight is 449 g/mol. The van der Waals surface area contributed by atoms with Crippen LogP contribution in [0.1, 0.15) is 50.4 Å². The first kappa shape index (κ1) is 22.3. The molecule has 1 aromatic carbocycles. The molecule has 3 aliphatic rings. The Hall–Kier alpha value is -2.47. The molecule has 6 heteroatoms. The van der Waals surface area contributed by atoms with Gasteiger partial charge in [-0.25, -0.2) is 0 Å². The molecule has 3 fully saturated rings. The normalized spacial score (nSPS) is 25.3. The summed E-state index contributed by atoms with van der Waals surface area (Å²) in [5.41, 5.74) is 1.25. The fourth-order valence-corrected chi connectivity index (χ4v) is 6.75. The van der Waals surface area contributed by atoms with Crippen molar-refractivity contribution < 1.29 is 9.59 Å². The van der Waals surface area contributed by atoms with Crippen molar-refractivity contribution in [3.63, 3.8) is 0 Å². The standard InChI is InChI=1S/C27H36N4O2/c1-4-30-14-11-27(25(30)33)19-29(17-20(2)3)18-26(27)9-12-31(13-10-26)24(32)22-15-21-7-5-6-8-23(21)28-16-22/h5-8,15-16,20H,4,9-14,17-19H2,1-3H3/t27-/m0/s1. The summed E-state index contributed by atoms with van der Waals surface area (Å²) in [6, 6.07) is 9.86. The van der Waals surface area contributed by atoms with Crippen molar-refractivity contribution in [3.8, 4) is 0 Å². The maximum atomic E-state index is 13.6. The van der Waals surface area contributed by atoms with E-state index in [1.54, 1.807) is 6.20 Å². The molecule has 2 amide bonds. The molecule has 5 rings (SSSR count). The summed E-state index contributed by atoms with van der Waals surface area (Å²) in [5.74, 6) is 0.995. The molecule has 4 heterocycles. The minimum absolute atomic E-state index is 0.0265. The highest BCUT2D eigenvalue weighted by atomic mass is 16.2. The summed E-state index contributed by atoms with van der Waals surface area (Å²) >= 11 is 0. The SMILES string of the molecule is CCN1CC[C@]2(CN(CC(C)C)CC23CCN(C(=O)c2cnc4ccccc4c2)CC3)C1=O. The van der Waals surface area contributed by atoms with E-state index in [1.165, 1.54) is 0 Å². The number of fused-ring (bicyclic) bond motifs is 2. The molecule has 176 valence electrons. The number of para-hydroxylation sites is 1. The maximum absolute atomic E-state index is 13.6. The molecule has 0 bridgehead atoms. The molecule has 3 saturated heterocycles. The maximum Gasteiger partial charge on any atom is 0.255 e. The predicted molar refractivity (Wildman–Crippen MR) is 130 cm³/mol. The van der Waals surface area contributed by atoms with Crippen molar-refractivity contribution in [3.05, 3.63) is 42.1 Å². The summed E-state index contributed by atoms with van der Waals surface area (Å²) in [4.78, 5) is 38.0. The Labute approximate surface area is 196 Å². The van der Waals surface area contributed by atoms with E-state index >= 15 is 0 Å². The molecule has 0 radical (unpaired) electrons. The zero-order valence-electron chi connectivity index (χ0n) is 20.2. The van der Waals surface area contributed by atoms with Crippen LogP contribution in [-0.4, -0.2) is 77.3 Å². The van der Waals surface area contributed by atoms with Crippen molar-refractivity contribution in [2.75, 3.05) is 45.8 Å². The van der Waals surface area contributed by atoms with Crippen LogP contribution >= 0.6 is 0 Å². The number of hydrogen-bond donors (Lipinski definition) is 0. The van der Waals surface area contributed by atoms with Gasteiger partial charge in [-0.2, -0.15) is 0 Å². The molecule has 0 N–H and O–H groups in total. The predicted octanol–water partition coefficient (Wildman–Crippen LogP) is 3.67. The highest BCUT2D eigenvalue weighted by Gasteiger charge is 2.64. The van der Waals surface area contributed by atoms with E-state index in [0.29, 0.717) is 30.5 Å². The van der Waals surface area contributed by atoms with Crippen LogP contribution in [0.4, 0.5) is 0 Å². The first-order chi connectivity index (χ1) is 15.9. The quantitative estimate of drug-likeness (QED) is 0.716. The highest BCUT2D eigenvalue weighted by Crippen LogP contribution is 2.58. The Morgan fingerprint density at radius 2 is 1.85 bits per heavy atom. The van der Waals surface area contributed by atoms with Gasteiger partial charge >= 0.3 is 0 Å². The van der Waals surface area contributed by atoms with Gasteiger partial charge in [0, 0.05) is 62.8 Å². The second-order valence-corrected chi connectivity index (χ2v) is 10.8. The fraction of sp³-hybridized carbons (Fsp3) is 0.593. The van der Waals surface area contributed by atoms with Crippen molar-refractivity contribution in [1.29, 1.82) is 0 Å². The van der Waals surface area contributed by atoms with E-state index in [9.17, 15) is 9.59 Å². The number of piperidine rings is 1. The third-order valence-corrected chi connectivity index (χ3v) is 8.39. The second-order valence-electron chi connectivity index (χ2n) is 10.8. The summed E-state index contributed by atoms with van der Waals surface area (Å²) in [6.07, 6.45) is 4.46. The number of carbonyl (C=O) groups is 2. The van der Waals surface area contributed by atoms with Crippen molar-refractivity contribution in [1.82, 2.24) is 19.7 Å². The number of amides is 2. The van der Waals surface area contributed by atoms with Gasteiger partial charge in [0.1, 0.15) is 0 Å². The third kappa shape index (κ3) is 3.63. The lowest BCUT2D eigenvalue weighted by molar-refractivity contribution is -0.141. The summed E-state index contributed by atoms with van der Waals surface area (Å²) in [6.45, 7) is 12.6. The van der Waals surface area contributed by atoms with E-state index in [1.807, 2.05) is 35.2 Å². The van der Waals surface area contributed by atoms with Crippen LogP contribution in [0.2, 0.25) is 0 Å². The van der Waals surface area contributed by atoms with E-state index in [0.717, 1.165) is 62.9 Å². The zero-order chi connectivity index (χ0) is 23.2. The second kappa shape index (κ2) is 8.39. The van der Waals surface area contributed by atoms with Crippen molar-refractivity contribution >= 4 is 22.7 Å². The van der Waals surface area contributed by atoms with Gasteiger partial charge in [-0.15, -0.1) is 0 Å². The van der Waals surface area contributed by atoms with Gasteiger partial charge in [0.25, 0.3) is 5.91 Å². The smallest absolute Gasteiger partial charge is 0.255 e. The van der Waals surface area contributed by atoms with Gasteiger partial charge in [-0.3, -0.25) is 14.6 Å². The van der Waals surface area contributed by atoms with Crippen molar-refractivity contribution in [2.24, 2.45) is 16.7 Å². The first-order valence-electron chi connectivity index (χ1n) is 12.5. The minimum atomic E-state index is -0.280. The molecule has 0 unspecified atom stereocenters. The summed E-state index contributed by atoms with van der Waals surface area (Å²) in [5, 5.41) is 0.993. The van der Waals surface area contributed by atoms with Gasteiger partial charge < -0.3 is 14.7 Å². The average Bonchev–Trinajstić information content (AvgIpc) is 3.29. The molecular formula is C27H36N4O2. The zero-order valence-corrected chi connectivity index (χ0v) is 20.2. The summed E-state index contributed by atoms with van der Waals surface area (Å²) in [7, 11) is 0. The Morgan fingerprint density at radius 1 is 1.09 bits per heavy atom. The topological polar surface area (TPSA) is 56.8 Å². The van der Waals surface area contributed by atoms with Gasteiger partial charge in [-0.05, 0) is 44.2 Å². The van der Waals surface area contributed by atoms with Gasteiger partial charge in [0.2, 0.25) is 5.91 Å². The van der Waals surface area contributed by atoms with Crippen LogP contribution < -0.4 is 0 Å². The molecule has 33 heavy (non-hydrogen) atoms. The Bertz CT molecular complexity index is 1060. The molecule has 1 atom stereocenters. The highest BCUT2D eigenvalue weighted by molar-refractivity contribution is 5.97. The fourth-order valence-electron chi connectivity index (χ4n) is 6.75. The van der Waals surface area contributed by atoms with Gasteiger partial charge in [-0.1, -0.05) is 32.0 Å². The molecule has 1 aromatic heterocycles. The van der Waals surface area contributed by atoms with Crippen LogP contribution in [0.3, 0.4) is 0 Å². The number of rotatable bonds is 4. The molecule has 0 aliphatic carbocycles. The van der Waals surface area contributed by atoms with E-state index in [4.69, 9.17) is 0 Å². The largest absolute Gasteiger partial charge is 0.342 e. The lowest BCUT2D eigenvalue weighted by Crippen LogP contribution is -2.53. The van der Waals surface area contributed by atoms with Crippen LogP contribution in [0.25, 0.3) is 10.9 Å². The van der Waals surface area contributed by atoms with E-state index in [2.05, 4.69) is 35.6 Å². The van der Waals surface area contributed by atoms with Gasteiger partial charge in [0.05, 0.1) is 16.5 Å². The number of benzene rings is 1. The van der Waals surface area contributed by atoms with E-state index < -0.39 is 0 Å². The minimum Gasteiger partial charge on any atom is -0.342 e. The Morgan fingerprint density at radius 3 is 2.55 bits per heavy atom. The number of aromatic nitrogens is 1. The monoisotopic (exact) mass is 448 g/mol. The Kier molecular flexibility index (Phi) is 5.68. The number of hydrogen-bond acceptors (Lipinski definition) is 4. The molecule has 3 aliphatic heterocycles. The number of carbonyl (C=O) groups excluding carboxylic acids is 2. The first-order valence-corrected chi connectivity index (χ1v) is 12.5. The lowest BCUT2D eigenvalue weighted by Gasteiger charge is -2.47. The van der Waals surface area contributed by atoms with Crippen LogP contribution in [0.15, 0.2) is 36.5 Å². The van der Waals surface area contributed by atoms with Crippen LogP contribution in [0, 0.1) is 16.7 Å². The molecule has 2 spiro atoms. The number of likely N-dealkylation sites (tertiary alicyclic amines) is 3. The molecule has 0 saturated carbocycles. The van der Waals surface area contributed by atoms with E-state index in [-0.39, 0.29) is 16.7 Å². The summed E-state index contributed by atoms with van der Waals surface area (Å²) < 4.78 is 0. The molecular weight excluding hydrogens is 412 g/mol. The number of pyridine rings is 1.